The van der Waals surface area contributed by atoms with Gasteiger partial charge in [-0.15, -0.1) is 0 Å². The van der Waals surface area contributed by atoms with Crippen LogP contribution in [0.25, 0.3) is 11.3 Å². The van der Waals surface area contributed by atoms with Gasteiger partial charge in [0.15, 0.2) is 5.69 Å². The molecule has 0 spiro atoms. The van der Waals surface area contributed by atoms with E-state index in [-0.39, 0.29) is 18.1 Å². The maximum atomic E-state index is 13.2. The van der Waals surface area contributed by atoms with Crippen molar-refractivity contribution in [1.82, 2.24) is 10.3 Å². The summed E-state index contributed by atoms with van der Waals surface area (Å²) in [4.78, 5) is 15.0. The van der Waals surface area contributed by atoms with E-state index in [2.05, 4.69) is 17.2 Å². The lowest BCUT2D eigenvalue weighted by molar-refractivity contribution is -0.138. The fraction of sp³-hybridized carbons (Fsp3) is 0.636. The van der Waals surface area contributed by atoms with Crippen molar-refractivity contribution in [2.45, 2.75) is 103 Å². The van der Waals surface area contributed by atoms with E-state index in [1.165, 1.54) is 64.2 Å². The monoisotopic (exact) mass is 626 g/mol. The van der Waals surface area contributed by atoms with E-state index in [9.17, 15) is 23.1 Å². The van der Waals surface area contributed by atoms with Gasteiger partial charge in [-0.05, 0) is 75.6 Å². The molecule has 0 saturated heterocycles. The SMILES string of the molecule is CCCCCCCCCCNCC(C)(O)C1CC1.O=C(O)c1nc(-c2ccc(Cl)cc2)c(OCC2CC2)cc1C(F)(F)F. The molecule has 10 heteroatoms. The van der Waals surface area contributed by atoms with Crippen LogP contribution in [-0.2, 0) is 6.18 Å². The van der Waals surface area contributed by atoms with Gasteiger partial charge in [0, 0.05) is 17.1 Å². The van der Waals surface area contributed by atoms with Gasteiger partial charge in [0.1, 0.15) is 11.4 Å². The maximum Gasteiger partial charge on any atom is 0.418 e. The van der Waals surface area contributed by atoms with E-state index in [4.69, 9.17) is 21.4 Å². The molecule has 0 aliphatic heterocycles. The summed E-state index contributed by atoms with van der Waals surface area (Å²) in [6.45, 7) is 6.35. The Labute approximate surface area is 258 Å². The minimum atomic E-state index is -4.85. The number of carbonyl (C=O) groups is 1. The Morgan fingerprint density at radius 2 is 1.63 bits per heavy atom. The van der Waals surface area contributed by atoms with Crippen LogP contribution < -0.4 is 10.1 Å². The Hall–Kier alpha value is -2.36. The lowest BCUT2D eigenvalue weighted by atomic mass is 10.0. The quantitative estimate of drug-likeness (QED) is 0.152. The van der Waals surface area contributed by atoms with Crippen LogP contribution in [0.15, 0.2) is 30.3 Å². The van der Waals surface area contributed by atoms with Gasteiger partial charge in [-0.3, -0.25) is 0 Å². The predicted molar refractivity (Wildman–Crippen MR) is 164 cm³/mol. The summed E-state index contributed by atoms with van der Waals surface area (Å²) < 4.78 is 45.2. The molecule has 0 amide bonds. The smallest absolute Gasteiger partial charge is 0.418 e. The molecule has 240 valence electrons. The second-order valence-corrected chi connectivity index (χ2v) is 12.5. The van der Waals surface area contributed by atoms with Crippen molar-refractivity contribution in [3.8, 4) is 17.0 Å². The second-order valence-electron chi connectivity index (χ2n) is 12.1. The highest BCUT2D eigenvalue weighted by Crippen LogP contribution is 2.40. The number of carboxylic acids is 1. The minimum Gasteiger partial charge on any atom is -0.491 e. The van der Waals surface area contributed by atoms with E-state index in [0.717, 1.165) is 25.9 Å². The number of benzene rings is 1. The summed E-state index contributed by atoms with van der Waals surface area (Å²) in [7, 11) is 0. The van der Waals surface area contributed by atoms with Crippen LogP contribution in [0, 0.1) is 11.8 Å². The molecule has 2 aliphatic rings. The van der Waals surface area contributed by atoms with Gasteiger partial charge in [0.2, 0.25) is 0 Å². The van der Waals surface area contributed by atoms with Crippen LogP contribution >= 0.6 is 11.6 Å². The Morgan fingerprint density at radius 1 is 1.02 bits per heavy atom. The van der Waals surface area contributed by atoms with E-state index < -0.39 is 29.0 Å². The molecule has 43 heavy (non-hydrogen) atoms. The van der Waals surface area contributed by atoms with E-state index in [1.807, 2.05) is 6.92 Å². The average molecular weight is 627 g/mol. The highest BCUT2D eigenvalue weighted by atomic mass is 35.5. The van der Waals surface area contributed by atoms with Gasteiger partial charge in [0.25, 0.3) is 0 Å². The molecule has 2 aliphatic carbocycles. The number of alkyl halides is 3. The number of hydrogen-bond acceptors (Lipinski definition) is 5. The van der Waals surface area contributed by atoms with E-state index >= 15 is 0 Å². The number of nitrogens with one attached hydrogen (secondary N) is 1. The summed E-state index contributed by atoms with van der Waals surface area (Å²) in [5.74, 6) is -0.974. The van der Waals surface area contributed by atoms with Gasteiger partial charge < -0.3 is 20.3 Å². The Morgan fingerprint density at radius 3 is 2.16 bits per heavy atom. The van der Waals surface area contributed by atoms with Crippen molar-refractivity contribution in [3.63, 3.8) is 0 Å². The van der Waals surface area contributed by atoms with Crippen LogP contribution in [0.2, 0.25) is 5.02 Å². The zero-order valence-corrected chi connectivity index (χ0v) is 26.1. The standard InChI is InChI=1S/C17H13ClF3NO3.C16H33NO/c18-11-5-3-10(4-6-11)14-13(25-8-9-1-2-9)7-12(17(19,20)21)15(22-14)16(23)24;1-3-4-5-6-7-8-9-10-13-17-14-16(2,18)15-11-12-15/h3-7,9H,1-2,8H2,(H,23,24);15,17-18H,3-14H2,1-2H3. The summed E-state index contributed by atoms with van der Waals surface area (Å²) in [6.07, 6.45) is 10.4. The molecule has 1 heterocycles. The van der Waals surface area contributed by atoms with Gasteiger partial charge >= 0.3 is 12.1 Å². The molecule has 0 bridgehead atoms. The van der Waals surface area contributed by atoms with Crippen molar-refractivity contribution in [2.75, 3.05) is 19.7 Å². The number of aromatic nitrogens is 1. The van der Waals surface area contributed by atoms with Gasteiger partial charge in [-0.25, -0.2) is 9.78 Å². The molecule has 4 rings (SSSR count). The first-order valence-electron chi connectivity index (χ1n) is 15.6. The van der Waals surface area contributed by atoms with Crippen LogP contribution in [0.5, 0.6) is 5.75 Å². The summed E-state index contributed by atoms with van der Waals surface area (Å²) >= 11 is 5.82. The largest absolute Gasteiger partial charge is 0.491 e. The molecule has 2 aromatic rings. The Bertz CT molecular complexity index is 1150. The molecule has 6 nitrogen and oxygen atoms in total. The molecular formula is C33H46ClF3N2O4. The minimum absolute atomic E-state index is 0.0442. The number of nitrogens with zero attached hydrogens (tertiary/aromatic N) is 1. The van der Waals surface area contributed by atoms with E-state index in [1.54, 1.807) is 24.3 Å². The molecule has 3 N–H and O–H groups in total. The van der Waals surface area contributed by atoms with Crippen molar-refractivity contribution >= 4 is 17.6 Å². The van der Waals surface area contributed by atoms with Gasteiger partial charge in [0.05, 0.1) is 17.8 Å². The van der Waals surface area contributed by atoms with Crippen molar-refractivity contribution < 1.29 is 32.9 Å². The Balaban J connectivity index is 0.000000250. The molecule has 0 radical (unpaired) electrons. The maximum absolute atomic E-state index is 13.2. The molecule has 1 aromatic heterocycles. The number of halogens is 4. The Kier molecular flexibility index (Phi) is 13.6. The lowest BCUT2D eigenvalue weighted by Crippen LogP contribution is -2.40. The number of rotatable bonds is 17. The number of hydrogen-bond donors (Lipinski definition) is 3. The zero-order valence-electron chi connectivity index (χ0n) is 25.3. The number of carboxylic acid groups (broad SMARTS) is 1. The first kappa shape index (κ1) is 35.1. The van der Waals surface area contributed by atoms with E-state index in [0.29, 0.717) is 28.5 Å². The third kappa shape index (κ3) is 12.3. The van der Waals surface area contributed by atoms with Gasteiger partial charge in [-0.2, -0.15) is 13.2 Å². The van der Waals surface area contributed by atoms with Crippen LogP contribution in [0.4, 0.5) is 13.2 Å². The molecular weight excluding hydrogens is 581 g/mol. The fourth-order valence-corrected chi connectivity index (χ4v) is 4.99. The second kappa shape index (κ2) is 16.6. The van der Waals surface area contributed by atoms with Crippen LogP contribution in [0.1, 0.15) is 107 Å². The topological polar surface area (TPSA) is 91.7 Å². The third-order valence-electron chi connectivity index (χ3n) is 7.93. The predicted octanol–water partition coefficient (Wildman–Crippen LogP) is 8.79. The van der Waals surface area contributed by atoms with Gasteiger partial charge in [-0.1, -0.05) is 75.6 Å². The molecule has 1 unspecified atom stereocenters. The zero-order chi connectivity index (χ0) is 31.5. The highest BCUT2D eigenvalue weighted by molar-refractivity contribution is 6.30. The highest BCUT2D eigenvalue weighted by Gasteiger charge is 2.39. The van der Waals surface area contributed by atoms with Crippen LogP contribution in [0.3, 0.4) is 0 Å². The van der Waals surface area contributed by atoms with Crippen LogP contribution in [-0.4, -0.2) is 46.5 Å². The normalized spacial score (nSPS) is 16.3. The number of pyridine rings is 1. The molecule has 2 fully saturated rings. The number of unbranched alkanes of at least 4 members (excludes halogenated alkanes) is 7. The molecule has 1 aromatic carbocycles. The molecule has 2 saturated carbocycles. The summed E-state index contributed by atoms with van der Waals surface area (Å²) in [6, 6.07) is 6.90. The van der Waals surface area contributed by atoms with Crippen molar-refractivity contribution in [1.29, 1.82) is 0 Å². The number of aromatic carboxylic acids is 1. The lowest BCUT2D eigenvalue weighted by Gasteiger charge is -2.23. The molecule has 1 atom stereocenters. The van der Waals surface area contributed by atoms with Crippen molar-refractivity contribution in [2.24, 2.45) is 11.8 Å². The third-order valence-corrected chi connectivity index (χ3v) is 8.18. The summed E-state index contributed by atoms with van der Waals surface area (Å²) in [5.41, 5.74) is -2.38. The first-order chi connectivity index (χ1) is 20.4. The fourth-order valence-electron chi connectivity index (χ4n) is 4.87. The number of ether oxygens (including phenoxy) is 1. The van der Waals surface area contributed by atoms with Crippen molar-refractivity contribution in [3.05, 3.63) is 46.6 Å². The first-order valence-corrected chi connectivity index (χ1v) is 16.0. The average Bonchev–Trinajstić information content (AvgIpc) is 3.87. The number of aliphatic hydroxyl groups is 1. The summed E-state index contributed by atoms with van der Waals surface area (Å²) in [5, 5.41) is 23.1.